The van der Waals surface area contributed by atoms with Gasteiger partial charge in [0.05, 0.1) is 5.69 Å². The highest BCUT2D eigenvalue weighted by molar-refractivity contribution is 5.84. The van der Waals surface area contributed by atoms with Crippen LogP contribution >= 0.6 is 0 Å². The Bertz CT molecular complexity index is 834. The molecule has 20 heavy (non-hydrogen) atoms. The quantitative estimate of drug-likeness (QED) is 0.704. The van der Waals surface area contributed by atoms with Crippen LogP contribution in [-0.4, -0.2) is 4.98 Å². The molecule has 2 aromatic carbocycles. The van der Waals surface area contributed by atoms with E-state index in [1.165, 1.54) is 0 Å². The summed E-state index contributed by atoms with van der Waals surface area (Å²) in [6.07, 6.45) is 1.69. The van der Waals surface area contributed by atoms with Crippen LogP contribution in [0.5, 0.6) is 0 Å². The number of nitrogens with two attached hydrogens (primary N) is 1. The smallest absolute Gasteiger partial charge is 0.253 e. The first kappa shape index (κ1) is 12.1. The topological polar surface area (TPSA) is 85.1 Å². The van der Waals surface area contributed by atoms with Gasteiger partial charge in [0.2, 0.25) is 0 Å². The lowest BCUT2D eigenvalue weighted by Gasteiger charge is -2.13. The van der Waals surface area contributed by atoms with E-state index in [0.717, 1.165) is 11.3 Å². The summed E-state index contributed by atoms with van der Waals surface area (Å²) in [6, 6.07) is 13.0. The second-order valence-electron chi connectivity index (χ2n) is 4.33. The molecule has 0 unspecified atom stereocenters. The van der Waals surface area contributed by atoms with Crippen molar-refractivity contribution >= 4 is 17.1 Å². The molecular weight excluding hydrogens is 254 g/mol. The summed E-state index contributed by atoms with van der Waals surface area (Å²) in [5.41, 5.74) is 6.72. The summed E-state index contributed by atoms with van der Waals surface area (Å²) in [7, 11) is 0. The fraction of sp³-hybridized carbons (Fsp3) is 0. The van der Waals surface area contributed by atoms with E-state index >= 15 is 0 Å². The molecule has 1 heterocycles. The van der Waals surface area contributed by atoms with Gasteiger partial charge in [-0.2, -0.15) is 0 Å². The van der Waals surface area contributed by atoms with Gasteiger partial charge < -0.3 is 11.1 Å². The predicted octanol–water partition coefficient (Wildman–Crippen LogP) is 1.67. The number of benzene rings is 1. The van der Waals surface area contributed by atoms with Crippen molar-refractivity contribution in [3.05, 3.63) is 69.1 Å². The number of rotatable bonds is 3. The van der Waals surface area contributed by atoms with Crippen molar-refractivity contribution in [1.82, 2.24) is 4.98 Å². The van der Waals surface area contributed by atoms with Crippen molar-refractivity contribution in [2.75, 3.05) is 11.1 Å². The minimum atomic E-state index is -0.636. The largest absolute Gasteiger partial charge is 0.394 e. The Morgan fingerprint density at radius 1 is 0.950 bits per heavy atom. The minimum Gasteiger partial charge on any atom is -0.394 e. The van der Waals surface area contributed by atoms with E-state index < -0.39 is 10.9 Å². The molecule has 5 nitrogen and oxygen atoms in total. The maximum Gasteiger partial charge on any atom is 0.253 e. The van der Waals surface area contributed by atoms with Crippen molar-refractivity contribution < 1.29 is 0 Å². The standard InChI is InChI=1S/C15H11N3O2/c16-12-13(15(20)14(12)19)18-11-7-2-1-5-9(11)10-6-3-4-8-17-10/h1-8,18H,16H2. The zero-order valence-corrected chi connectivity index (χ0v) is 10.5. The summed E-state index contributed by atoms with van der Waals surface area (Å²) < 4.78 is 0. The fourth-order valence-corrected chi connectivity index (χ4v) is 2.01. The maximum atomic E-state index is 11.5. The molecule has 3 aromatic rings. The maximum absolute atomic E-state index is 11.5. The van der Waals surface area contributed by atoms with Crippen molar-refractivity contribution in [3.63, 3.8) is 0 Å². The van der Waals surface area contributed by atoms with Crippen LogP contribution in [0.4, 0.5) is 17.1 Å². The SMILES string of the molecule is Nc1c(Nc2ccccc2-c2ccccn2)c(=O)c1=O. The molecule has 0 bridgehead atoms. The molecule has 3 rings (SSSR count). The first-order chi connectivity index (χ1) is 9.68. The number of hydrogen-bond acceptors (Lipinski definition) is 5. The van der Waals surface area contributed by atoms with Crippen LogP contribution in [0.1, 0.15) is 0 Å². The number of nitrogen functional groups attached to an aromatic ring is 1. The average molecular weight is 265 g/mol. The highest BCUT2D eigenvalue weighted by atomic mass is 16.2. The lowest BCUT2D eigenvalue weighted by atomic mass is 10.1. The Balaban J connectivity index is 2.04. The van der Waals surface area contributed by atoms with Gasteiger partial charge in [-0.05, 0) is 18.2 Å². The molecule has 0 spiro atoms. The van der Waals surface area contributed by atoms with E-state index in [1.54, 1.807) is 12.3 Å². The Labute approximate surface area is 114 Å². The fourth-order valence-electron chi connectivity index (χ4n) is 2.01. The third kappa shape index (κ3) is 1.85. The lowest BCUT2D eigenvalue weighted by Crippen LogP contribution is -2.36. The number of nitrogens with zero attached hydrogens (tertiary/aromatic N) is 1. The van der Waals surface area contributed by atoms with Crippen LogP contribution in [0.3, 0.4) is 0 Å². The second kappa shape index (κ2) is 4.62. The van der Waals surface area contributed by atoms with Gasteiger partial charge in [-0.15, -0.1) is 0 Å². The molecule has 0 aliphatic carbocycles. The number of hydrogen-bond donors (Lipinski definition) is 2. The molecule has 0 atom stereocenters. The summed E-state index contributed by atoms with van der Waals surface area (Å²) in [5.74, 6) is 0. The Morgan fingerprint density at radius 3 is 2.40 bits per heavy atom. The first-order valence-corrected chi connectivity index (χ1v) is 6.04. The average Bonchev–Trinajstić information content (AvgIpc) is 2.52. The van der Waals surface area contributed by atoms with E-state index in [-0.39, 0.29) is 11.4 Å². The summed E-state index contributed by atoms with van der Waals surface area (Å²) in [6.45, 7) is 0. The van der Waals surface area contributed by atoms with Gasteiger partial charge >= 0.3 is 0 Å². The van der Waals surface area contributed by atoms with Crippen LogP contribution in [0, 0.1) is 0 Å². The van der Waals surface area contributed by atoms with E-state index in [1.807, 2.05) is 36.4 Å². The molecule has 98 valence electrons. The van der Waals surface area contributed by atoms with Gasteiger partial charge in [-0.3, -0.25) is 14.6 Å². The number of anilines is 3. The van der Waals surface area contributed by atoms with Crippen LogP contribution in [0.25, 0.3) is 11.3 Å². The number of pyridine rings is 1. The van der Waals surface area contributed by atoms with Crippen molar-refractivity contribution in [3.8, 4) is 11.3 Å². The van der Waals surface area contributed by atoms with E-state index in [2.05, 4.69) is 10.3 Å². The first-order valence-electron chi connectivity index (χ1n) is 6.04. The zero-order valence-electron chi connectivity index (χ0n) is 10.5. The third-order valence-corrected chi connectivity index (χ3v) is 3.07. The van der Waals surface area contributed by atoms with Gasteiger partial charge in [0, 0.05) is 17.4 Å². The Kier molecular flexibility index (Phi) is 2.80. The highest BCUT2D eigenvalue weighted by Gasteiger charge is 2.19. The van der Waals surface area contributed by atoms with Gasteiger partial charge in [0.1, 0.15) is 11.4 Å². The van der Waals surface area contributed by atoms with Gasteiger partial charge in [0.15, 0.2) is 0 Å². The molecule has 0 aliphatic rings. The van der Waals surface area contributed by atoms with Crippen LogP contribution in [0.15, 0.2) is 58.3 Å². The molecule has 1 aromatic heterocycles. The normalized spacial score (nSPS) is 10.6. The van der Waals surface area contributed by atoms with E-state index in [9.17, 15) is 9.59 Å². The highest BCUT2D eigenvalue weighted by Crippen LogP contribution is 2.29. The van der Waals surface area contributed by atoms with Crippen molar-refractivity contribution in [2.24, 2.45) is 0 Å². The Hall–Kier alpha value is -2.95. The molecule has 0 fully saturated rings. The summed E-state index contributed by atoms with van der Waals surface area (Å²) >= 11 is 0. The Morgan fingerprint density at radius 2 is 1.70 bits per heavy atom. The number of para-hydroxylation sites is 1. The van der Waals surface area contributed by atoms with Gasteiger partial charge in [-0.1, -0.05) is 24.3 Å². The van der Waals surface area contributed by atoms with Crippen molar-refractivity contribution in [1.29, 1.82) is 0 Å². The van der Waals surface area contributed by atoms with E-state index in [0.29, 0.717) is 5.69 Å². The van der Waals surface area contributed by atoms with Crippen LogP contribution < -0.4 is 21.9 Å². The molecule has 0 amide bonds. The monoisotopic (exact) mass is 265 g/mol. The van der Waals surface area contributed by atoms with Crippen LogP contribution in [-0.2, 0) is 0 Å². The summed E-state index contributed by atoms with van der Waals surface area (Å²) in [4.78, 5) is 26.9. The number of nitrogens with one attached hydrogen (secondary N) is 1. The van der Waals surface area contributed by atoms with Crippen molar-refractivity contribution in [2.45, 2.75) is 0 Å². The molecule has 5 heteroatoms. The molecule has 0 saturated carbocycles. The van der Waals surface area contributed by atoms with Gasteiger partial charge in [-0.25, -0.2) is 0 Å². The van der Waals surface area contributed by atoms with Gasteiger partial charge in [0.25, 0.3) is 10.9 Å². The minimum absolute atomic E-state index is 0.0224. The second-order valence-corrected chi connectivity index (χ2v) is 4.33. The molecular formula is C15H11N3O2. The molecule has 0 saturated heterocycles. The summed E-state index contributed by atoms with van der Waals surface area (Å²) in [5, 5.41) is 2.92. The number of aromatic nitrogens is 1. The van der Waals surface area contributed by atoms with Crippen LogP contribution in [0.2, 0.25) is 0 Å². The molecule has 0 aliphatic heterocycles. The van der Waals surface area contributed by atoms with E-state index in [4.69, 9.17) is 5.73 Å². The lowest BCUT2D eigenvalue weighted by molar-refractivity contribution is 1.32. The third-order valence-electron chi connectivity index (χ3n) is 3.07. The predicted molar refractivity (Wildman–Crippen MR) is 78.7 cm³/mol. The molecule has 3 N–H and O–H groups in total. The zero-order chi connectivity index (χ0) is 14.1. The molecule has 0 radical (unpaired) electrons.